The minimum absolute atomic E-state index is 0. The summed E-state index contributed by atoms with van der Waals surface area (Å²) >= 11 is 1.47. The standard InChI is InChI=1S/C24H25.C5H5.3CO.Sn.W/c1-15-10-17(3)23(18(4)11-15)21-8-7-9-22(14-21)24-19(5)12-16(2)13-20(24)6;1-2-4-5-3-1;3*1-2;;/h7-13H,1-6H3;1-5H;;;;;. The van der Waals surface area contributed by atoms with Gasteiger partial charge in [-0.3, -0.25) is 0 Å². The topological polar surface area (TPSA) is 59.7 Å². The van der Waals surface area contributed by atoms with Crippen LogP contribution in [0.3, 0.4) is 0 Å². The molecule has 3 aromatic rings. The maximum Gasteiger partial charge on any atom is 0.00506 e. The second-order valence-electron chi connectivity index (χ2n) is 8.24. The van der Waals surface area contributed by atoms with E-state index in [1.807, 2.05) is 30.7 Å². The van der Waals surface area contributed by atoms with Gasteiger partial charge in [0.15, 0.2) is 0 Å². The first-order chi connectivity index (χ1) is 17.3. The Labute approximate surface area is 250 Å². The zero-order valence-electron chi connectivity index (χ0n) is 22.1. The number of aryl methyl sites for hydroxylation is 6. The van der Waals surface area contributed by atoms with Crippen molar-refractivity contribution in [1.82, 2.24) is 0 Å². The molecule has 0 aromatic heterocycles. The molecule has 0 heterocycles. The molecular formula is C32H30O3SnW. The van der Waals surface area contributed by atoms with Gasteiger partial charge in [0.1, 0.15) is 0 Å². The van der Waals surface area contributed by atoms with E-state index in [0.717, 1.165) is 0 Å². The van der Waals surface area contributed by atoms with Crippen molar-refractivity contribution < 1.29 is 35.0 Å². The average Bonchev–Trinajstić information content (AvgIpc) is 3.44. The molecule has 0 aliphatic heterocycles. The molecule has 0 bridgehead atoms. The number of benzene rings is 3. The van der Waals surface area contributed by atoms with Gasteiger partial charge in [0.2, 0.25) is 0 Å². The molecule has 1 aliphatic rings. The van der Waals surface area contributed by atoms with Crippen molar-refractivity contribution >= 4 is 26.1 Å². The van der Waals surface area contributed by atoms with Gasteiger partial charge in [0.05, 0.1) is 0 Å². The van der Waals surface area contributed by atoms with E-state index in [-0.39, 0.29) is 21.1 Å². The van der Waals surface area contributed by atoms with Crippen LogP contribution in [0.25, 0.3) is 22.3 Å². The number of hydrogen-bond acceptors (Lipinski definition) is 0. The second kappa shape index (κ2) is 19.9. The number of allylic oxidation sites excluding steroid dienone is 4. The molecule has 5 heteroatoms. The SMILES string of the molecule is Cc1cc(C)c(-c2cccc(-c3c(C)cc(C)cc3C)[c]2[Sn])c(C)c1.[C-]#[O+].[C-]#[O+].[C-]#[O+].[CH]1C=CC=C1.[W]. The summed E-state index contributed by atoms with van der Waals surface area (Å²) < 4.78 is 24.0. The van der Waals surface area contributed by atoms with Crippen LogP contribution >= 0.6 is 0 Å². The molecule has 186 valence electrons. The predicted molar refractivity (Wildman–Crippen MR) is 145 cm³/mol. The van der Waals surface area contributed by atoms with Crippen LogP contribution in [0.4, 0.5) is 0 Å². The Balaban J connectivity index is 0. The van der Waals surface area contributed by atoms with E-state index < -0.39 is 0 Å². The van der Waals surface area contributed by atoms with Crippen molar-refractivity contribution in [3.8, 4) is 22.3 Å². The molecule has 37 heavy (non-hydrogen) atoms. The molecule has 0 N–H and O–H groups in total. The molecule has 4 rings (SSSR count). The smallest absolute Gasteiger partial charge is 0.00506 e. The van der Waals surface area contributed by atoms with Crippen LogP contribution in [0.1, 0.15) is 33.4 Å². The molecule has 0 unspecified atom stereocenters. The molecular weight excluding hydrogens is 735 g/mol. The third kappa shape index (κ3) is 10.6. The first-order valence-electron chi connectivity index (χ1n) is 11.1. The van der Waals surface area contributed by atoms with Crippen LogP contribution in [-0.4, -0.2) is 22.5 Å². The second-order valence-corrected chi connectivity index (χ2v) is 9.66. The summed E-state index contributed by atoms with van der Waals surface area (Å²) in [6.45, 7) is 26.8. The zero-order chi connectivity index (χ0) is 27.8. The quantitative estimate of drug-likeness (QED) is 0.156. The van der Waals surface area contributed by atoms with Crippen molar-refractivity contribution in [2.24, 2.45) is 0 Å². The van der Waals surface area contributed by atoms with Gasteiger partial charge in [-0.05, 0) is 0 Å². The van der Waals surface area contributed by atoms with Crippen LogP contribution < -0.4 is 3.58 Å². The van der Waals surface area contributed by atoms with Crippen LogP contribution in [0, 0.1) is 67.9 Å². The third-order valence-electron chi connectivity index (χ3n) is 5.51. The maximum atomic E-state index is 7.50. The van der Waals surface area contributed by atoms with Crippen molar-refractivity contribution in [3.63, 3.8) is 0 Å². The normalized spacial score (nSPS) is 9.97. The Bertz CT molecular complexity index is 1130. The van der Waals surface area contributed by atoms with E-state index in [1.54, 1.807) is 0 Å². The Morgan fingerprint density at radius 3 is 1.08 bits per heavy atom. The van der Waals surface area contributed by atoms with Gasteiger partial charge in [0.25, 0.3) is 0 Å². The summed E-state index contributed by atoms with van der Waals surface area (Å²) in [6.07, 6.45) is 10.0. The van der Waals surface area contributed by atoms with Crippen LogP contribution in [0.5, 0.6) is 0 Å². The Morgan fingerprint density at radius 1 is 0.541 bits per heavy atom. The summed E-state index contributed by atoms with van der Waals surface area (Å²) in [5, 5.41) is 0. The van der Waals surface area contributed by atoms with Gasteiger partial charge >= 0.3 is 200 Å². The fraction of sp³-hybridized carbons (Fsp3) is 0.188. The van der Waals surface area contributed by atoms with E-state index in [0.29, 0.717) is 0 Å². The van der Waals surface area contributed by atoms with Crippen LogP contribution in [-0.2, 0) is 35.0 Å². The van der Waals surface area contributed by atoms with Crippen molar-refractivity contribution in [3.05, 3.63) is 127 Å². The van der Waals surface area contributed by atoms with E-state index in [2.05, 4.69) is 104 Å². The minimum Gasteiger partial charge on any atom is -0.0767 e. The fourth-order valence-corrected chi connectivity index (χ4v) is 5.69. The molecule has 0 atom stereocenters. The number of hydrogen-bond donors (Lipinski definition) is 0. The van der Waals surface area contributed by atoms with Gasteiger partial charge in [0, 0.05) is 27.5 Å². The number of rotatable bonds is 2. The first-order valence-corrected chi connectivity index (χ1v) is 12.5. The van der Waals surface area contributed by atoms with Crippen LogP contribution in [0.2, 0.25) is 0 Å². The Hall–Kier alpha value is -2.15. The first kappa shape index (κ1) is 37.0. The zero-order valence-corrected chi connectivity index (χ0v) is 27.8. The van der Waals surface area contributed by atoms with Gasteiger partial charge in [-0.2, -0.15) is 0 Å². The van der Waals surface area contributed by atoms with Gasteiger partial charge < -0.3 is 0 Å². The van der Waals surface area contributed by atoms with Crippen LogP contribution in [0.15, 0.2) is 66.8 Å². The van der Waals surface area contributed by atoms with Gasteiger partial charge in [-0.15, -0.1) is 0 Å². The van der Waals surface area contributed by atoms with Crippen molar-refractivity contribution in [1.29, 1.82) is 0 Å². The summed E-state index contributed by atoms with van der Waals surface area (Å²) in [7, 11) is 0. The summed E-state index contributed by atoms with van der Waals surface area (Å²) in [5.41, 5.74) is 13.8. The largest absolute Gasteiger partial charge is 0.0767 e. The molecule has 3 aromatic carbocycles. The van der Waals surface area contributed by atoms with Crippen molar-refractivity contribution in [2.45, 2.75) is 41.5 Å². The molecule has 0 spiro atoms. The minimum atomic E-state index is 0. The molecule has 3 nitrogen and oxygen atoms in total. The Kier molecular flexibility index (Phi) is 19.9. The Morgan fingerprint density at radius 2 is 0.838 bits per heavy atom. The molecule has 0 fully saturated rings. The van der Waals surface area contributed by atoms with E-state index in [9.17, 15) is 0 Å². The summed E-state index contributed by atoms with van der Waals surface area (Å²) in [4.78, 5) is 0. The van der Waals surface area contributed by atoms with Gasteiger partial charge in [-0.25, -0.2) is 0 Å². The monoisotopic (exact) mass is 766 g/mol. The fourth-order valence-electron chi connectivity index (χ4n) is 4.50. The van der Waals surface area contributed by atoms with Crippen molar-refractivity contribution in [2.75, 3.05) is 0 Å². The molecule has 0 saturated heterocycles. The van der Waals surface area contributed by atoms with E-state index in [4.69, 9.17) is 14.0 Å². The molecule has 0 saturated carbocycles. The molecule has 4 radical (unpaired) electrons. The van der Waals surface area contributed by atoms with E-state index >= 15 is 0 Å². The summed E-state index contributed by atoms with van der Waals surface area (Å²) in [6, 6.07) is 16.0. The third-order valence-corrected chi connectivity index (χ3v) is 7.05. The van der Waals surface area contributed by atoms with E-state index in [1.165, 1.54) is 81.7 Å². The summed E-state index contributed by atoms with van der Waals surface area (Å²) in [5.74, 6) is 0. The average molecular weight is 765 g/mol. The molecule has 0 amide bonds. The van der Waals surface area contributed by atoms with Gasteiger partial charge in [-0.1, -0.05) is 24.3 Å². The predicted octanol–water partition coefficient (Wildman–Crippen LogP) is 6.87. The molecule has 1 aliphatic carbocycles. The maximum absolute atomic E-state index is 7.50.